The molecule has 1 aromatic carbocycles. The van der Waals surface area contributed by atoms with Crippen LogP contribution in [0.2, 0.25) is 0 Å². The molecule has 0 saturated carbocycles. The van der Waals surface area contributed by atoms with E-state index in [4.69, 9.17) is 9.47 Å². The molecule has 1 N–H and O–H groups in total. The number of hydrogen-bond donors (Lipinski definition) is 1. The lowest BCUT2D eigenvalue weighted by molar-refractivity contribution is -0.0644. The number of carbonyl (C=O) groups excluding carboxylic acids is 2. The summed E-state index contributed by atoms with van der Waals surface area (Å²) in [5.41, 5.74) is 1.49. The predicted octanol–water partition coefficient (Wildman–Crippen LogP) is 4.45. The van der Waals surface area contributed by atoms with Crippen LogP contribution in [0.4, 0.5) is 9.59 Å². The van der Waals surface area contributed by atoms with Gasteiger partial charge in [0.25, 0.3) is 0 Å². The smallest absolute Gasteiger partial charge is 0.410 e. The molecule has 166 valence electrons. The molecule has 3 amide bonds. The van der Waals surface area contributed by atoms with Gasteiger partial charge in [-0.3, -0.25) is 0 Å². The van der Waals surface area contributed by atoms with Crippen molar-refractivity contribution in [3.8, 4) is 0 Å². The molecule has 2 aliphatic heterocycles. The number of rotatable bonds is 3. The van der Waals surface area contributed by atoms with Crippen molar-refractivity contribution in [3.63, 3.8) is 0 Å². The molecule has 0 aromatic heterocycles. The Morgan fingerprint density at radius 2 is 1.90 bits per heavy atom. The number of benzene rings is 1. The van der Waals surface area contributed by atoms with E-state index in [1.165, 1.54) is 0 Å². The molecule has 0 spiro atoms. The fraction of sp³-hybridized carbons (Fsp3) is 0.636. The minimum atomic E-state index is -0.552. The molecule has 2 aliphatic rings. The second-order valence-electron chi connectivity index (χ2n) is 9.25. The minimum absolute atomic E-state index is 0.0943. The zero-order valence-corrected chi connectivity index (χ0v) is 20.0. The Morgan fingerprint density at radius 1 is 1.20 bits per heavy atom. The fourth-order valence-corrected chi connectivity index (χ4v) is 4.13. The summed E-state index contributed by atoms with van der Waals surface area (Å²) >= 11 is 3.52. The summed E-state index contributed by atoms with van der Waals surface area (Å²) in [6, 6.07) is 5.73. The summed E-state index contributed by atoms with van der Waals surface area (Å²) in [6.45, 7) is 11.7. The van der Waals surface area contributed by atoms with E-state index >= 15 is 0 Å². The number of halogens is 1. The molecule has 3 rings (SSSR count). The van der Waals surface area contributed by atoms with Crippen molar-refractivity contribution in [2.75, 3.05) is 19.6 Å². The fourth-order valence-electron chi connectivity index (χ4n) is 3.72. The zero-order chi connectivity index (χ0) is 22.1. The van der Waals surface area contributed by atoms with Crippen LogP contribution in [0, 0.1) is 0 Å². The van der Waals surface area contributed by atoms with Gasteiger partial charge in [-0.25, -0.2) is 9.59 Å². The number of hydrogen-bond acceptors (Lipinski definition) is 4. The molecule has 1 unspecified atom stereocenters. The Bertz CT molecular complexity index is 787. The Labute approximate surface area is 187 Å². The van der Waals surface area contributed by atoms with E-state index in [0.717, 1.165) is 15.6 Å². The highest BCUT2D eigenvalue weighted by Gasteiger charge is 2.34. The number of ether oxygens (including phenoxy) is 2. The Morgan fingerprint density at radius 3 is 2.53 bits per heavy atom. The second kappa shape index (κ2) is 9.14. The molecule has 8 heteroatoms. The van der Waals surface area contributed by atoms with E-state index < -0.39 is 5.60 Å². The SMILES string of the molecule is CC(C)OC1CN(C(=O)NC2CCN(C(=O)OC(C)(C)C)Cc3cc(Br)ccc32)C1. The van der Waals surface area contributed by atoms with Crippen molar-refractivity contribution in [2.45, 2.75) is 71.4 Å². The van der Waals surface area contributed by atoms with Crippen LogP contribution >= 0.6 is 15.9 Å². The van der Waals surface area contributed by atoms with Crippen molar-refractivity contribution in [1.82, 2.24) is 15.1 Å². The highest BCUT2D eigenvalue weighted by Crippen LogP contribution is 2.30. The number of fused-ring (bicyclic) bond motifs is 1. The highest BCUT2D eigenvalue weighted by atomic mass is 79.9. The van der Waals surface area contributed by atoms with Gasteiger partial charge in [0, 0.05) is 17.6 Å². The minimum Gasteiger partial charge on any atom is -0.444 e. The van der Waals surface area contributed by atoms with Gasteiger partial charge in [-0.15, -0.1) is 0 Å². The standard InChI is InChI=1S/C22H32BrN3O4/c1-14(2)29-17-12-26(13-17)20(27)24-19-8-9-25(21(28)30-22(3,4)5)11-15-10-16(23)6-7-18(15)19/h6-7,10,14,17,19H,8-9,11-13H2,1-5H3,(H,24,27). The van der Waals surface area contributed by atoms with E-state index in [2.05, 4.69) is 21.2 Å². The van der Waals surface area contributed by atoms with Gasteiger partial charge in [-0.05, 0) is 64.3 Å². The van der Waals surface area contributed by atoms with Crippen molar-refractivity contribution >= 4 is 28.1 Å². The summed E-state index contributed by atoms with van der Waals surface area (Å²) in [5.74, 6) is 0. The summed E-state index contributed by atoms with van der Waals surface area (Å²) < 4.78 is 12.2. The van der Waals surface area contributed by atoms with Crippen LogP contribution in [0.1, 0.15) is 58.2 Å². The van der Waals surface area contributed by atoms with Gasteiger partial charge in [-0.2, -0.15) is 0 Å². The summed E-state index contributed by atoms with van der Waals surface area (Å²) in [7, 11) is 0. The van der Waals surface area contributed by atoms with Crippen LogP contribution in [0.15, 0.2) is 22.7 Å². The first kappa shape index (κ1) is 22.9. The van der Waals surface area contributed by atoms with Gasteiger partial charge in [0.05, 0.1) is 31.3 Å². The van der Waals surface area contributed by atoms with E-state index in [1.807, 2.05) is 52.8 Å². The molecule has 1 fully saturated rings. The third-order valence-corrected chi connectivity index (χ3v) is 5.57. The number of amides is 3. The van der Waals surface area contributed by atoms with Crippen molar-refractivity contribution in [2.24, 2.45) is 0 Å². The summed E-state index contributed by atoms with van der Waals surface area (Å²) in [5, 5.41) is 3.16. The molecular weight excluding hydrogens is 450 g/mol. The molecule has 30 heavy (non-hydrogen) atoms. The van der Waals surface area contributed by atoms with Crippen LogP contribution in [0.3, 0.4) is 0 Å². The van der Waals surface area contributed by atoms with Gasteiger partial charge in [-0.1, -0.05) is 22.0 Å². The third-order valence-electron chi connectivity index (χ3n) is 5.08. The lowest BCUT2D eigenvalue weighted by atomic mass is 9.99. The first-order chi connectivity index (χ1) is 14.0. The first-order valence-corrected chi connectivity index (χ1v) is 11.3. The molecule has 0 aliphatic carbocycles. The van der Waals surface area contributed by atoms with Crippen LogP contribution in [-0.2, 0) is 16.0 Å². The largest absolute Gasteiger partial charge is 0.444 e. The van der Waals surface area contributed by atoms with Gasteiger partial charge in [0.1, 0.15) is 5.60 Å². The lowest BCUT2D eigenvalue weighted by Crippen LogP contribution is -2.58. The number of likely N-dealkylation sites (tertiary alicyclic amines) is 1. The third kappa shape index (κ3) is 5.88. The van der Waals surface area contributed by atoms with E-state index in [9.17, 15) is 9.59 Å². The topological polar surface area (TPSA) is 71.1 Å². The first-order valence-electron chi connectivity index (χ1n) is 10.5. The monoisotopic (exact) mass is 481 g/mol. The summed E-state index contributed by atoms with van der Waals surface area (Å²) in [6.07, 6.45) is 0.554. The Kier molecular flexibility index (Phi) is 6.97. The number of carbonyl (C=O) groups is 2. The molecule has 2 heterocycles. The van der Waals surface area contributed by atoms with Gasteiger partial charge >= 0.3 is 12.1 Å². The second-order valence-corrected chi connectivity index (χ2v) is 10.2. The van der Waals surface area contributed by atoms with Gasteiger partial charge in [0.15, 0.2) is 0 Å². The molecule has 7 nitrogen and oxygen atoms in total. The van der Waals surface area contributed by atoms with E-state index in [1.54, 1.807) is 9.80 Å². The van der Waals surface area contributed by atoms with Crippen LogP contribution < -0.4 is 5.32 Å². The average molecular weight is 482 g/mol. The molecule has 1 saturated heterocycles. The highest BCUT2D eigenvalue weighted by molar-refractivity contribution is 9.10. The van der Waals surface area contributed by atoms with Crippen molar-refractivity contribution < 1.29 is 19.1 Å². The summed E-state index contributed by atoms with van der Waals surface area (Å²) in [4.78, 5) is 28.9. The molecular formula is C22H32BrN3O4. The molecule has 0 bridgehead atoms. The van der Waals surface area contributed by atoms with Gasteiger partial charge in [0.2, 0.25) is 0 Å². The Balaban J connectivity index is 1.69. The number of urea groups is 1. The number of nitrogens with zero attached hydrogens (tertiary/aromatic N) is 2. The number of nitrogens with one attached hydrogen (secondary N) is 1. The van der Waals surface area contributed by atoms with Crippen LogP contribution in [0.5, 0.6) is 0 Å². The van der Waals surface area contributed by atoms with Crippen molar-refractivity contribution in [3.05, 3.63) is 33.8 Å². The van der Waals surface area contributed by atoms with Crippen LogP contribution in [0.25, 0.3) is 0 Å². The van der Waals surface area contributed by atoms with Crippen molar-refractivity contribution in [1.29, 1.82) is 0 Å². The zero-order valence-electron chi connectivity index (χ0n) is 18.4. The Hall–Kier alpha value is -1.80. The molecule has 1 atom stereocenters. The van der Waals surface area contributed by atoms with Gasteiger partial charge < -0.3 is 24.6 Å². The molecule has 1 aromatic rings. The molecule has 0 radical (unpaired) electrons. The predicted molar refractivity (Wildman–Crippen MR) is 118 cm³/mol. The average Bonchev–Trinajstić information content (AvgIpc) is 2.75. The van der Waals surface area contributed by atoms with E-state index in [0.29, 0.717) is 32.6 Å². The normalized spacial score (nSPS) is 19.8. The lowest BCUT2D eigenvalue weighted by Gasteiger charge is -2.40. The maximum Gasteiger partial charge on any atom is 0.410 e. The quantitative estimate of drug-likeness (QED) is 0.691. The van der Waals surface area contributed by atoms with E-state index in [-0.39, 0.29) is 30.4 Å². The maximum absolute atomic E-state index is 12.8. The van der Waals surface area contributed by atoms with Crippen LogP contribution in [-0.4, -0.2) is 59.4 Å². The maximum atomic E-state index is 12.8.